The van der Waals surface area contributed by atoms with Crippen molar-refractivity contribution in [2.75, 3.05) is 26.9 Å². The van der Waals surface area contributed by atoms with Crippen LogP contribution in [0.2, 0.25) is 0 Å². The van der Waals surface area contributed by atoms with Gasteiger partial charge in [0.25, 0.3) is 0 Å². The van der Waals surface area contributed by atoms with Gasteiger partial charge in [-0.3, -0.25) is 0 Å². The van der Waals surface area contributed by atoms with Gasteiger partial charge in [-0.25, -0.2) is 13.2 Å². The Morgan fingerprint density at radius 1 is 1.14 bits per heavy atom. The molecule has 0 spiro atoms. The summed E-state index contributed by atoms with van der Waals surface area (Å²) in [4.78, 5) is 12.7. The van der Waals surface area contributed by atoms with E-state index in [-0.39, 0.29) is 16.4 Å². The standard InChI is InChI=1S/C28H34O6S/c1-4-19-6-10-24-22(16-19)8-7-21(5-2)27(24)35(30,31)23-9-11-26(25(17-23)28(29)32-3)34-18-20-12-14-33-15-13-20/h4,6,9-11,16-17,20-21,27H,1,5,7-8,12-15,18H2,2-3H3/t21-,27?/m1/s1. The van der Waals surface area contributed by atoms with E-state index in [1.54, 1.807) is 18.2 Å². The maximum absolute atomic E-state index is 14.0. The minimum Gasteiger partial charge on any atom is -0.492 e. The van der Waals surface area contributed by atoms with E-state index < -0.39 is 21.1 Å². The van der Waals surface area contributed by atoms with E-state index in [2.05, 4.69) is 6.58 Å². The summed E-state index contributed by atoms with van der Waals surface area (Å²) < 4.78 is 44.4. The number of esters is 1. The van der Waals surface area contributed by atoms with Crippen molar-refractivity contribution in [3.05, 3.63) is 65.2 Å². The van der Waals surface area contributed by atoms with Gasteiger partial charge in [0.15, 0.2) is 9.84 Å². The summed E-state index contributed by atoms with van der Waals surface area (Å²) in [6.07, 6.45) is 5.96. The molecule has 2 aromatic rings. The lowest BCUT2D eigenvalue weighted by molar-refractivity contribution is 0.0483. The highest BCUT2D eigenvalue weighted by Crippen LogP contribution is 2.45. The molecule has 1 fully saturated rings. The molecule has 188 valence electrons. The highest BCUT2D eigenvalue weighted by molar-refractivity contribution is 7.91. The zero-order chi connectivity index (χ0) is 25.0. The summed E-state index contributed by atoms with van der Waals surface area (Å²) in [6, 6.07) is 10.4. The molecule has 0 amide bonds. The Balaban J connectivity index is 1.70. The topological polar surface area (TPSA) is 78.9 Å². The Kier molecular flexibility index (Phi) is 7.97. The van der Waals surface area contributed by atoms with Crippen LogP contribution < -0.4 is 4.74 Å². The Morgan fingerprint density at radius 2 is 1.91 bits per heavy atom. The molecule has 4 rings (SSSR count). The third-order valence-corrected chi connectivity index (χ3v) is 9.50. The Bertz CT molecular complexity index is 1180. The fourth-order valence-corrected chi connectivity index (χ4v) is 7.41. The lowest BCUT2D eigenvalue weighted by atomic mass is 9.81. The van der Waals surface area contributed by atoms with E-state index in [0.717, 1.165) is 48.8 Å². The number of fused-ring (bicyclic) bond motifs is 1. The predicted octanol–water partition coefficient (Wildman–Crippen LogP) is 5.41. The monoisotopic (exact) mass is 498 g/mol. The minimum atomic E-state index is -3.78. The van der Waals surface area contributed by atoms with Crippen molar-refractivity contribution in [3.8, 4) is 5.75 Å². The summed E-state index contributed by atoms with van der Waals surface area (Å²) >= 11 is 0. The number of rotatable bonds is 8. The highest BCUT2D eigenvalue weighted by atomic mass is 32.2. The summed E-state index contributed by atoms with van der Waals surface area (Å²) in [5.74, 6) is 0.0556. The third kappa shape index (κ3) is 5.31. The van der Waals surface area contributed by atoms with Crippen molar-refractivity contribution in [1.82, 2.24) is 0 Å². The molecule has 1 aliphatic heterocycles. The van der Waals surface area contributed by atoms with Crippen LogP contribution in [0.25, 0.3) is 6.08 Å². The van der Waals surface area contributed by atoms with E-state index in [1.807, 2.05) is 25.1 Å². The van der Waals surface area contributed by atoms with Gasteiger partial charge in [-0.1, -0.05) is 44.2 Å². The molecule has 2 atom stereocenters. The van der Waals surface area contributed by atoms with Gasteiger partial charge in [0.05, 0.1) is 23.9 Å². The smallest absolute Gasteiger partial charge is 0.341 e. The van der Waals surface area contributed by atoms with Gasteiger partial charge < -0.3 is 14.2 Å². The summed E-state index contributed by atoms with van der Waals surface area (Å²) in [5.41, 5.74) is 3.00. The van der Waals surface area contributed by atoms with Crippen LogP contribution in [-0.4, -0.2) is 41.3 Å². The van der Waals surface area contributed by atoms with E-state index >= 15 is 0 Å². The molecule has 0 bridgehead atoms. The van der Waals surface area contributed by atoms with Gasteiger partial charge in [-0.15, -0.1) is 0 Å². The Labute approximate surface area is 208 Å². The van der Waals surface area contributed by atoms with Crippen LogP contribution in [0.5, 0.6) is 5.75 Å². The van der Waals surface area contributed by atoms with Crippen LogP contribution in [0.4, 0.5) is 0 Å². The van der Waals surface area contributed by atoms with E-state index in [1.165, 1.54) is 13.2 Å². The molecular weight excluding hydrogens is 464 g/mol. The van der Waals surface area contributed by atoms with Gasteiger partial charge in [-0.2, -0.15) is 0 Å². The molecule has 1 saturated heterocycles. The first-order valence-corrected chi connectivity index (χ1v) is 13.9. The van der Waals surface area contributed by atoms with Crippen molar-refractivity contribution in [1.29, 1.82) is 0 Å². The Hall–Kier alpha value is -2.64. The van der Waals surface area contributed by atoms with Crippen LogP contribution in [0.15, 0.2) is 47.9 Å². The van der Waals surface area contributed by atoms with Gasteiger partial charge in [0, 0.05) is 13.2 Å². The maximum Gasteiger partial charge on any atom is 0.341 e. The molecule has 0 radical (unpaired) electrons. The SMILES string of the molecule is C=Cc1ccc2c(c1)CC[C@@H](CC)C2S(=O)(=O)c1ccc(OCC2CCOCC2)c(C(=O)OC)c1. The number of carbonyl (C=O) groups is 1. The van der Waals surface area contributed by atoms with Gasteiger partial charge in [-0.05, 0) is 72.4 Å². The number of benzene rings is 2. The lowest BCUT2D eigenvalue weighted by Crippen LogP contribution is -2.27. The number of hydrogen-bond acceptors (Lipinski definition) is 6. The average molecular weight is 499 g/mol. The molecule has 0 N–H and O–H groups in total. The zero-order valence-electron chi connectivity index (χ0n) is 20.5. The molecule has 35 heavy (non-hydrogen) atoms. The normalized spacial score (nSPS) is 20.6. The van der Waals surface area contributed by atoms with Gasteiger partial charge in [0.2, 0.25) is 0 Å². The first kappa shape index (κ1) is 25.5. The fraction of sp³-hybridized carbons (Fsp3) is 0.464. The number of hydrogen-bond donors (Lipinski definition) is 0. The fourth-order valence-electron chi connectivity index (χ4n) is 5.18. The third-order valence-electron chi connectivity index (χ3n) is 7.28. The molecule has 1 aliphatic carbocycles. The molecule has 0 aromatic heterocycles. The molecule has 2 aromatic carbocycles. The van der Waals surface area contributed by atoms with Gasteiger partial charge in [0.1, 0.15) is 11.3 Å². The summed E-state index contributed by atoms with van der Waals surface area (Å²) in [6.45, 7) is 7.71. The van der Waals surface area contributed by atoms with Crippen LogP contribution >= 0.6 is 0 Å². The van der Waals surface area contributed by atoms with Crippen molar-refractivity contribution in [2.24, 2.45) is 11.8 Å². The van der Waals surface area contributed by atoms with Crippen LogP contribution in [0.1, 0.15) is 64.9 Å². The summed E-state index contributed by atoms with van der Waals surface area (Å²) in [7, 11) is -2.49. The predicted molar refractivity (Wildman–Crippen MR) is 135 cm³/mol. The van der Waals surface area contributed by atoms with Crippen molar-refractivity contribution in [3.63, 3.8) is 0 Å². The second kappa shape index (κ2) is 11.0. The highest BCUT2D eigenvalue weighted by Gasteiger charge is 2.39. The average Bonchev–Trinajstić information content (AvgIpc) is 2.90. The van der Waals surface area contributed by atoms with Crippen molar-refractivity contribution >= 4 is 21.9 Å². The number of ether oxygens (including phenoxy) is 3. The molecule has 6 nitrogen and oxygen atoms in total. The van der Waals surface area contributed by atoms with Crippen LogP contribution in [0.3, 0.4) is 0 Å². The lowest BCUT2D eigenvalue weighted by Gasteiger charge is -2.33. The van der Waals surface area contributed by atoms with E-state index in [4.69, 9.17) is 14.2 Å². The maximum atomic E-state index is 14.0. The molecule has 2 aliphatic rings. The van der Waals surface area contributed by atoms with Crippen LogP contribution in [-0.2, 0) is 25.7 Å². The van der Waals surface area contributed by atoms with Crippen molar-refractivity contribution < 1.29 is 27.4 Å². The molecule has 1 heterocycles. The number of sulfone groups is 1. The van der Waals surface area contributed by atoms with Crippen LogP contribution in [0, 0.1) is 11.8 Å². The quantitative estimate of drug-likeness (QED) is 0.453. The first-order chi connectivity index (χ1) is 16.9. The molecule has 7 heteroatoms. The molecular formula is C28H34O6S. The number of aryl methyl sites for hydroxylation is 1. The van der Waals surface area contributed by atoms with E-state index in [9.17, 15) is 13.2 Å². The first-order valence-electron chi connectivity index (χ1n) is 12.3. The molecule has 0 saturated carbocycles. The number of methoxy groups -OCH3 is 1. The zero-order valence-corrected chi connectivity index (χ0v) is 21.3. The summed E-state index contributed by atoms with van der Waals surface area (Å²) in [5, 5.41) is -0.672. The minimum absolute atomic E-state index is 0.00638. The van der Waals surface area contributed by atoms with Gasteiger partial charge >= 0.3 is 5.97 Å². The Morgan fingerprint density at radius 3 is 2.60 bits per heavy atom. The van der Waals surface area contributed by atoms with E-state index in [0.29, 0.717) is 31.5 Å². The number of carbonyl (C=O) groups excluding carboxylic acids is 1. The van der Waals surface area contributed by atoms with Crippen molar-refractivity contribution in [2.45, 2.75) is 49.2 Å². The second-order valence-corrected chi connectivity index (χ2v) is 11.4. The second-order valence-electron chi connectivity index (χ2n) is 9.35. The largest absolute Gasteiger partial charge is 0.492 e. The molecule has 1 unspecified atom stereocenters.